The second-order valence-corrected chi connectivity index (χ2v) is 7.90. The van der Waals surface area contributed by atoms with Gasteiger partial charge in [0.25, 0.3) is 0 Å². The van der Waals surface area contributed by atoms with Crippen LogP contribution in [0.15, 0.2) is 6.08 Å². The summed E-state index contributed by atoms with van der Waals surface area (Å²) in [4.78, 5) is 15.4. The minimum absolute atomic E-state index is 0.556. The smallest absolute Gasteiger partial charge is 0.149 e. The second kappa shape index (κ2) is 11.2. The number of hydrogen-bond acceptors (Lipinski definition) is 4. The van der Waals surface area contributed by atoms with Gasteiger partial charge in [0, 0.05) is 17.7 Å². The minimum atomic E-state index is 0.556. The van der Waals surface area contributed by atoms with Gasteiger partial charge in [0.05, 0.1) is 0 Å². The molecule has 2 rings (SSSR count). The molecule has 0 fully saturated rings. The van der Waals surface area contributed by atoms with Gasteiger partial charge in [0.2, 0.25) is 0 Å². The van der Waals surface area contributed by atoms with Crippen molar-refractivity contribution in [2.75, 3.05) is 25.9 Å². The van der Waals surface area contributed by atoms with Gasteiger partial charge in [-0.3, -0.25) is 0 Å². The van der Waals surface area contributed by atoms with Gasteiger partial charge in [-0.25, -0.2) is 9.97 Å². The Bertz CT molecular complexity index is 775. The molecule has 0 aliphatic carbocycles. The predicted molar refractivity (Wildman–Crippen MR) is 122 cm³/mol. The quantitative estimate of drug-likeness (QED) is 0.473. The average molecular weight is 386 g/mol. The maximum absolute atomic E-state index is 6.20. The summed E-state index contributed by atoms with van der Waals surface area (Å²) in [7, 11) is 2.22. The van der Waals surface area contributed by atoms with Crippen LogP contribution in [0.25, 0.3) is 16.6 Å². The zero-order valence-electron chi connectivity index (χ0n) is 18.6. The molecule has 2 aromatic rings. The van der Waals surface area contributed by atoms with Crippen LogP contribution in [0.1, 0.15) is 82.8 Å². The summed E-state index contributed by atoms with van der Waals surface area (Å²) in [5.41, 5.74) is 11.6. The molecule has 0 aliphatic heterocycles. The summed E-state index contributed by atoms with van der Waals surface area (Å²) in [5, 5.41) is 0. The molecule has 0 aromatic carbocycles. The number of H-pyrrole nitrogens is 1. The van der Waals surface area contributed by atoms with Crippen molar-refractivity contribution >= 4 is 22.4 Å². The van der Waals surface area contributed by atoms with Crippen LogP contribution in [0.5, 0.6) is 0 Å². The maximum Gasteiger partial charge on any atom is 0.149 e. The molecule has 0 spiro atoms. The number of nitrogen functional groups attached to an aromatic ring is 1. The molecular weight excluding hydrogens is 346 g/mol. The van der Waals surface area contributed by atoms with Gasteiger partial charge in [-0.2, -0.15) is 0 Å². The van der Waals surface area contributed by atoms with Crippen molar-refractivity contribution in [3.63, 3.8) is 0 Å². The van der Waals surface area contributed by atoms with Crippen LogP contribution in [-0.4, -0.2) is 40.0 Å². The normalized spacial score (nSPS) is 12.4. The van der Waals surface area contributed by atoms with Crippen LogP contribution in [0.4, 0.5) is 5.82 Å². The first-order chi connectivity index (χ1) is 13.5. The Kier molecular flexibility index (Phi) is 8.97. The van der Waals surface area contributed by atoms with Crippen molar-refractivity contribution < 1.29 is 0 Å². The number of aromatic nitrogens is 3. The zero-order valence-corrected chi connectivity index (χ0v) is 18.6. The number of aromatic amines is 1. The first-order valence-corrected chi connectivity index (χ1v) is 11.0. The average Bonchev–Trinajstić information content (AvgIpc) is 3.09. The molecule has 5 heteroatoms. The van der Waals surface area contributed by atoms with E-state index in [0.29, 0.717) is 5.82 Å². The van der Waals surface area contributed by atoms with Gasteiger partial charge >= 0.3 is 0 Å². The number of nitrogens with zero attached hydrogens (tertiary/aromatic N) is 3. The lowest BCUT2D eigenvalue weighted by molar-refractivity contribution is 0.325. The summed E-state index contributed by atoms with van der Waals surface area (Å²) in [5.74, 6) is 1.58. The molecule has 2 aromatic heterocycles. The van der Waals surface area contributed by atoms with E-state index in [1.54, 1.807) is 0 Å². The summed E-state index contributed by atoms with van der Waals surface area (Å²) >= 11 is 0. The molecule has 0 saturated carbocycles. The Labute approximate surface area is 170 Å². The van der Waals surface area contributed by atoms with Gasteiger partial charge < -0.3 is 15.6 Å². The highest BCUT2D eigenvalue weighted by atomic mass is 15.1. The number of rotatable bonds is 12. The molecule has 0 amide bonds. The molecule has 0 aliphatic rings. The number of allylic oxidation sites excluding steroid dienone is 2. The van der Waals surface area contributed by atoms with Crippen LogP contribution < -0.4 is 5.73 Å². The molecule has 0 atom stereocenters. The van der Waals surface area contributed by atoms with Crippen LogP contribution in [0.2, 0.25) is 0 Å². The Balaban J connectivity index is 2.11. The molecule has 0 radical (unpaired) electrons. The lowest BCUT2D eigenvalue weighted by Gasteiger charge is -2.15. The highest BCUT2D eigenvalue weighted by Gasteiger charge is 2.17. The number of pyridine rings is 1. The summed E-state index contributed by atoms with van der Waals surface area (Å²) in [6, 6.07) is 0. The largest absolute Gasteiger partial charge is 0.382 e. The van der Waals surface area contributed by atoms with E-state index in [4.69, 9.17) is 10.7 Å². The van der Waals surface area contributed by atoms with Crippen LogP contribution in [0.3, 0.4) is 0 Å². The van der Waals surface area contributed by atoms with Crippen molar-refractivity contribution in [1.82, 2.24) is 19.9 Å². The number of aryl methyl sites for hydroxylation is 2. The zero-order chi connectivity index (χ0) is 20.5. The number of fused-ring (bicyclic) bond motifs is 1. The highest BCUT2D eigenvalue weighted by Crippen LogP contribution is 2.32. The fourth-order valence-electron chi connectivity index (χ4n) is 3.88. The third-order valence-corrected chi connectivity index (χ3v) is 5.42. The Morgan fingerprint density at radius 1 is 1.07 bits per heavy atom. The first kappa shape index (κ1) is 22.4. The lowest BCUT2D eigenvalue weighted by Crippen LogP contribution is -2.20. The van der Waals surface area contributed by atoms with E-state index in [1.165, 1.54) is 49.9 Å². The number of anilines is 1. The van der Waals surface area contributed by atoms with E-state index in [1.807, 2.05) is 0 Å². The highest BCUT2D eigenvalue weighted by molar-refractivity contribution is 5.95. The lowest BCUT2D eigenvalue weighted by atomic mass is 9.97. The monoisotopic (exact) mass is 385 g/mol. The molecule has 5 nitrogen and oxygen atoms in total. The number of imidazole rings is 1. The van der Waals surface area contributed by atoms with E-state index < -0.39 is 0 Å². The standard InChI is InChI=1S/C23H39N5/c1-6-9-14-19-26-21-20(17(4)25-23(24)22(21)27-19)18(8-3)13-11-10-12-16-28(5)15-7-2/h8H,6-7,9-16H2,1-5H3,(H2,24,25)(H,26,27)/b18-8-. The fraction of sp³-hybridized carbons (Fsp3) is 0.652. The molecule has 0 bridgehead atoms. The fourth-order valence-corrected chi connectivity index (χ4v) is 3.88. The molecule has 0 saturated heterocycles. The Hall–Kier alpha value is -1.88. The van der Waals surface area contributed by atoms with Gasteiger partial charge in [-0.15, -0.1) is 0 Å². The Morgan fingerprint density at radius 2 is 1.86 bits per heavy atom. The SMILES string of the molecule is C/C=C(/CCCCCN(C)CCC)c1c(C)nc(N)c2[nH]c(CCCC)nc12. The number of nitrogens with two attached hydrogens (primary N) is 1. The third kappa shape index (κ3) is 5.81. The van der Waals surface area contributed by atoms with E-state index in [2.05, 4.69) is 55.7 Å². The van der Waals surface area contributed by atoms with Gasteiger partial charge in [0.1, 0.15) is 22.7 Å². The molecule has 28 heavy (non-hydrogen) atoms. The first-order valence-electron chi connectivity index (χ1n) is 11.0. The van der Waals surface area contributed by atoms with Crippen LogP contribution in [0, 0.1) is 6.92 Å². The van der Waals surface area contributed by atoms with E-state index in [0.717, 1.165) is 48.2 Å². The second-order valence-electron chi connectivity index (χ2n) is 7.90. The summed E-state index contributed by atoms with van der Waals surface area (Å²) in [6.07, 6.45) is 11.5. The van der Waals surface area contributed by atoms with Gasteiger partial charge in [0.15, 0.2) is 0 Å². The maximum atomic E-state index is 6.20. The minimum Gasteiger partial charge on any atom is -0.382 e. The van der Waals surface area contributed by atoms with Crippen molar-refractivity contribution in [3.05, 3.63) is 23.2 Å². The number of unbranched alkanes of at least 4 members (excludes halogenated alkanes) is 3. The van der Waals surface area contributed by atoms with Crippen molar-refractivity contribution in [1.29, 1.82) is 0 Å². The molecule has 2 heterocycles. The molecular formula is C23H39N5. The summed E-state index contributed by atoms with van der Waals surface area (Å²) in [6.45, 7) is 11.0. The molecule has 3 N–H and O–H groups in total. The van der Waals surface area contributed by atoms with Gasteiger partial charge in [-0.1, -0.05) is 32.8 Å². The van der Waals surface area contributed by atoms with Crippen molar-refractivity contribution in [2.45, 2.75) is 79.1 Å². The van der Waals surface area contributed by atoms with E-state index >= 15 is 0 Å². The number of nitrogens with one attached hydrogen (secondary N) is 1. The van der Waals surface area contributed by atoms with Crippen molar-refractivity contribution in [3.8, 4) is 0 Å². The van der Waals surface area contributed by atoms with Crippen molar-refractivity contribution in [2.24, 2.45) is 0 Å². The van der Waals surface area contributed by atoms with Gasteiger partial charge in [-0.05, 0) is 71.7 Å². The van der Waals surface area contributed by atoms with Crippen LogP contribution >= 0.6 is 0 Å². The van der Waals surface area contributed by atoms with E-state index in [-0.39, 0.29) is 0 Å². The van der Waals surface area contributed by atoms with E-state index in [9.17, 15) is 0 Å². The van der Waals surface area contributed by atoms with Crippen LogP contribution in [-0.2, 0) is 6.42 Å². The number of hydrogen-bond donors (Lipinski definition) is 2. The molecule has 156 valence electrons. The predicted octanol–water partition coefficient (Wildman–Crippen LogP) is 5.50. The third-order valence-electron chi connectivity index (χ3n) is 5.42. The Morgan fingerprint density at radius 3 is 2.54 bits per heavy atom. The summed E-state index contributed by atoms with van der Waals surface area (Å²) < 4.78 is 0. The molecule has 0 unspecified atom stereocenters. The topological polar surface area (TPSA) is 70.8 Å².